The number of aromatic hydroxyl groups is 1. The van der Waals surface area contributed by atoms with E-state index in [0.717, 1.165) is 11.3 Å². The third-order valence-electron chi connectivity index (χ3n) is 2.18. The van der Waals surface area contributed by atoms with Crippen molar-refractivity contribution in [3.8, 4) is 5.75 Å². The normalized spacial score (nSPS) is 10.5. The molecular formula is C13H15NO4S. The van der Waals surface area contributed by atoms with Crippen molar-refractivity contribution in [3.63, 3.8) is 0 Å². The molecular weight excluding hydrogens is 266 g/mol. The summed E-state index contributed by atoms with van der Waals surface area (Å²) < 4.78 is 29.7. The molecule has 1 aromatic carbocycles. The van der Waals surface area contributed by atoms with Crippen LogP contribution in [0.4, 0.5) is 0 Å². The maximum absolute atomic E-state index is 10.5. The summed E-state index contributed by atoms with van der Waals surface area (Å²) in [7, 11) is -4.03. The van der Waals surface area contributed by atoms with Crippen LogP contribution in [0.5, 0.6) is 5.75 Å². The Morgan fingerprint density at radius 3 is 2.16 bits per heavy atom. The second-order valence-electron chi connectivity index (χ2n) is 3.95. The lowest BCUT2D eigenvalue weighted by Gasteiger charge is -1.96. The van der Waals surface area contributed by atoms with Gasteiger partial charge in [0.2, 0.25) is 0 Å². The molecule has 0 aliphatic rings. The first kappa shape index (κ1) is 15.1. The molecule has 0 bridgehead atoms. The molecule has 1 heterocycles. The van der Waals surface area contributed by atoms with Crippen molar-refractivity contribution in [2.75, 3.05) is 0 Å². The zero-order valence-corrected chi connectivity index (χ0v) is 11.4. The number of hydrogen-bond donors (Lipinski definition) is 2. The van der Waals surface area contributed by atoms with Crippen molar-refractivity contribution in [1.82, 2.24) is 4.98 Å². The van der Waals surface area contributed by atoms with Crippen LogP contribution in [0.15, 0.2) is 47.5 Å². The SMILES string of the molecule is Cc1ccc(O)cn1.Cc1cccc(S(=O)(=O)O)c1. The molecule has 0 aliphatic carbocycles. The average molecular weight is 281 g/mol. The predicted octanol–water partition coefficient (Wildman–Crippen LogP) is 2.34. The molecule has 19 heavy (non-hydrogen) atoms. The molecule has 0 atom stereocenters. The van der Waals surface area contributed by atoms with Crippen LogP contribution >= 0.6 is 0 Å². The quantitative estimate of drug-likeness (QED) is 0.783. The smallest absolute Gasteiger partial charge is 0.294 e. The molecule has 102 valence electrons. The van der Waals surface area contributed by atoms with E-state index in [9.17, 15) is 8.42 Å². The maximum Gasteiger partial charge on any atom is 0.294 e. The summed E-state index contributed by atoms with van der Waals surface area (Å²) in [5, 5.41) is 8.69. The standard InChI is InChI=1S/C7H8O3S.C6H7NO/c1-6-3-2-4-7(5-6)11(8,9)10;1-5-2-3-6(8)4-7-5/h2-5H,1H3,(H,8,9,10);2-4,8H,1H3. The van der Waals surface area contributed by atoms with Gasteiger partial charge in [0.25, 0.3) is 10.1 Å². The topological polar surface area (TPSA) is 87.5 Å². The summed E-state index contributed by atoms with van der Waals surface area (Å²) in [6.45, 7) is 3.63. The van der Waals surface area contributed by atoms with Crippen molar-refractivity contribution in [3.05, 3.63) is 53.9 Å². The van der Waals surface area contributed by atoms with E-state index < -0.39 is 10.1 Å². The van der Waals surface area contributed by atoms with Crippen molar-refractivity contribution < 1.29 is 18.1 Å². The third kappa shape index (κ3) is 5.50. The van der Waals surface area contributed by atoms with Gasteiger partial charge in [-0.2, -0.15) is 8.42 Å². The van der Waals surface area contributed by atoms with Crippen LogP contribution in [-0.2, 0) is 10.1 Å². The first-order valence-corrected chi connectivity index (χ1v) is 6.89. The number of benzene rings is 1. The first-order chi connectivity index (χ1) is 8.79. The first-order valence-electron chi connectivity index (χ1n) is 5.45. The Morgan fingerprint density at radius 2 is 1.79 bits per heavy atom. The molecule has 0 radical (unpaired) electrons. The van der Waals surface area contributed by atoms with E-state index in [1.807, 2.05) is 6.92 Å². The summed E-state index contributed by atoms with van der Waals surface area (Å²) in [6, 6.07) is 9.47. The number of aromatic nitrogens is 1. The fraction of sp³-hybridized carbons (Fsp3) is 0.154. The lowest BCUT2D eigenvalue weighted by Crippen LogP contribution is -1.97. The number of nitrogens with zero attached hydrogens (tertiary/aromatic N) is 1. The van der Waals surface area contributed by atoms with Gasteiger partial charge in [-0.05, 0) is 43.7 Å². The van der Waals surface area contributed by atoms with E-state index in [0.29, 0.717) is 0 Å². The van der Waals surface area contributed by atoms with E-state index in [1.54, 1.807) is 31.2 Å². The zero-order valence-electron chi connectivity index (χ0n) is 10.6. The minimum Gasteiger partial charge on any atom is -0.506 e. The number of aryl methyl sites for hydroxylation is 2. The van der Waals surface area contributed by atoms with E-state index in [2.05, 4.69) is 4.98 Å². The summed E-state index contributed by atoms with van der Waals surface area (Å²) in [6.07, 6.45) is 1.43. The number of rotatable bonds is 1. The van der Waals surface area contributed by atoms with Gasteiger partial charge in [0.05, 0.1) is 11.1 Å². The molecule has 2 N–H and O–H groups in total. The molecule has 0 aliphatic heterocycles. The Bertz CT molecular complexity index is 615. The summed E-state index contributed by atoms with van der Waals surface area (Å²) >= 11 is 0. The van der Waals surface area contributed by atoms with Crippen molar-refractivity contribution >= 4 is 10.1 Å². The molecule has 2 aromatic rings. The highest BCUT2D eigenvalue weighted by Gasteiger charge is 2.07. The Kier molecular flexibility index (Phi) is 5.02. The number of hydrogen-bond acceptors (Lipinski definition) is 4. The minimum absolute atomic E-state index is 0.0579. The van der Waals surface area contributed by atoms with E-state index in [4.69, 9.17) is 9.66 Å². The lowest BCUT2D eigenvalue weighted by atomic mass is 10.2. The highest BCUT2D eigenvalue weighted by atomic mass is 32.2. The van der Waals surface area contributed by atoms with Crippen molar-refractivity contribution in [2.45, 2.75) is 18.7 Å². The van der Waals surface area contributed by atoms with Crippen molar-refractivity contribution in [2.24, 2.45) is 0 Å². The Labute approximate surface area is 112 Å². The molecule has 2 rings (SSSR count). The summed E-state index contributed by atoms with van der Waals surface area (Å²) in [5.74, 6) is 0.218. The van der Waals surface area contributed by atoms with Crippen molar-refractivity contribution in [1.29, 1.82) is 0 Å². The van der Waals surface area contributed by atoms with E-state index in [-0.39, 0.29) is 10.6 Å². The summed E-state index contributed by atoms with van der Waals surface area (Å²) in [4.78, 5) is 3.77. The zero-order chi connectivity index (χ0) is 14.5. The van der Waals surface area contributed by atoms with Gasteiger partial charge in [0.15, 0.2) is 0 Å². The molecule has 0 saturated carbocycles. The minimum atomic E-state index is -4.03. The van der Waals surface area contributed by atoms with Gasteiger partial charge in [-0.3, -0.25) is 9.54 Å². The second kappa shape index (κ2) is 6.31. The Morgan fingerprint density at radius 1 is 1.11 bits per heavy atom. The molecule has 5 nitrogen and oxygen atoms in total. The number of pyridine rings is 1. The molecule has 0 fully saturated rings. The van der Waals surface area contributed by atoms with Gasteiger partial charge in [-0.1, -0.05) is 12.1 Å². The van der Waals surface area contributed by atoms with Gasteiger partial charge in [0, 0.05) is 5.69 Å². The van der Waals surface area contributed by atoms with Crippen LogP contribution in [0, 0.1) is 13.8 Å². The monoisotopic (exact) mass is 281 g/mol. The fourth-order valence-corrected chi connectivity index (χ4v) is 1.82. The maximum atomic E-state index is 10.5. The molecule has 1 aromatic heterocycles. The highest BCUT2D eigenvalue weighted by Crippen LogP contribution is 2.09. The van der Waals surface area contributed by atoms with Gasteiger partial charge in [-0.15, -0.1) is 0 Å². The average Bonchev–Trinajstić information content (AvgIpc) is 2.33. The van der Waals surface area contributed by atoms with Crippen LogP contribution in [0.25, 0.3) is 0 Å². The summed E-state index contributed by atoms with van der Waals surface area (Å²) in [5.41, 5.74) is 1.72. The Hall–Kier alpha value is -1.92. The van der Waals surface area contributed by atoms with Gasteiger partial charge in [-0.25, -0.2) is 0 Å². The molecule has 0 saturated heterocycles. The molecule has 6 heteroatoms. The highest BCUT2D eigenvalue weighted by molar-refractivity contribution is 7.85. The van der Waals surface area contributed by atoms with E-state index in [1.165, 1.54) is 18.3 Å². The van der Waals surface area contributed by atoms with E-state index >= 15 is 0 Å². The van der Waals surface area contributed by atoms with Crippen LogP contribution in [0.1, 0.15) is 11.3 Å². The van der Waals surface area contributed by atoms with Gasteiger partial charge >= 0.3 is 0 Å². The van der Waals surface area contributed by atoms with Crippen LogP contribution in [-0.4, -0.2) is 23.1 Å². The largest absolute Gasteiger partial charge is 0.506 e. The molecule has 0 unspecified atom stereocenters. The van der Waals surface area contributed by atoms with Crippen LogP contribution < -0.4 is 0 Å². The lowest BCUT2D eigenvalue weighted by molar-refractivity contribution is 0.472. The Balaban J connectivity index is 0.000000200. The van der Waals surface area contributed by atoms with Gasteiger partial charge in [0.1, 0.15) is 5.75 Å². The van der Waals surface area contributed by atoms with Crippen LogP contribution in [0.2, 0.25) is 0 Å². The third-order valence-corrected chi connectivity index (χ3v) is 3.03. The predicted molar refractivity (Wildman–Crippen MR) is 71.6 cm³/mol. The molecule has 0 spiro atoms. The van der Waals surface area contributed by atoms with Crippen LogP contribution in [0.3, 0.4) is 0 Å². The fourth-order valence-electron chi connectivity index (χ4n) is 1.24. The second-order valence-corrected chi connectivity index (χ2v) is 5.37. The molecule has 0 amide bonds. The van der Waals surface area contributed by atoms with Gasteiger partial charge < -0.3 is 5.11 Å².